The molecule has 1 aliphatic rings. The molecule has 2 amide bonds. The highest BCUT2D eigenvalue weighted by Crippen LogP contribution is 2.51. The second kappa shape index (κ2) is 7.25. The molecule has 0 radical (unpaired) electrons. The molecule has 1 saturated carbocycles. The monoisotopic (exact) mass is 401 g/mol. The van der Waals surface area contributed by atoms with Crippen LogP contribution in [0.25, 0.3) is 0 Å². The van der Waals surface area contributed by atoms with Crippen LogP contribution in [-0.4, -0.2) is 56.5 Å². The van der Waals surface area contributed by atoms with E-state index in [9.17, 15) is 24.3 Å². The van der Waals surface area contributed by atoms with Gasteiger partial charge in [-0.05, 0) is 68.7 Å². The minimum atomic E-state index is -2.12. The highest BCUT2D eigenvalue weighted by Gasteiger charge is 2.73. The van der Waals surface area contributed by atoms with E-state index in [1.807, 2.05) is 0 Å². The van der Waals surface area contributed by atoms with Crippen LogP contribution in [0, 0.1) is 5.92 Å². The molecule has 0 heterocycles. The van der Waals surface area contributed by atoms with Gasteiger partial charge in [0.15, 0.2) is 5.54 Å². The molecule has 9 heteroatoms. The van der Waals surface area contributed by atoms with Crippen LogP contribution in [0.2, 0.25) is 0 Å². The van der Waals surface area contributed by atoms with Crippen LogP contribution >= 0.6 is 0 Å². The number of hydrogen-bond acceptors (Lipinski definition) is 7. The molecule has 2 atom stereocenters. The van der Waals surface area contributed by atoms with Gasteiger partial charge in [-0.1, -0.05) is 0 Å². The third kappa shape index (κ3) is 5.84. The van der Waals surface area contributed by atoms with Crippen molar-refractivity contribution in [3.63, 3.8) is 0 Å². The molecular weight excluding hydrogens is 370 g/mol. The van der Waals surface area contributed by atoms with Gasteiger partial charge in [0.2, 0.25) is 0 Å². The van der Waals surface area contributed by atoms with E-state index in [0.29, 0.717) is 4.90 Å². The maximum absolute atomic E-state index is 12.7. The first-order chi connectivity index (χ1) is 12.3. The molecule has 1 aliphatic carbocycles. The Morgan fingerprint density at radius 1 is 0.786 bits per heavy atom. The van der Waals surface area contributed by atoms with E-state index in [2.05, 4.69) is 0 Å². The van der Waals surface area contributed by atoms with Crippen LogP contribution in [-0.2, 0) is 23.8 Å². The lowest BCUT2D eigenvalue weighted by Gasteiger charge is -2.32. The standard InChI is InChI=1S/C19H31NO8/c1-16(2,3)26-12(21)11-10-19(11,13(22)23)20(14(24)27-17(4,5)6)15(25)28-18(7,8)9/h11H,10H2,1-9H3,(H,22,23). The molecule has 2 unspecified atom stereocenters. The molecule has 0 aromatic carbocycles. The number of ether oxygens (including phenoxy) is 3. The van der Waals surface area contributed by atoms with E-state index in [1.54, 1.807) is 62.3 Å². The number of carbonyl (C=O) groups excluding carboxylic acids is 3. The second-order valence-electron chi connectivity index (χ2n) is 9.82. The predicted octanol–water partition coefficient (Wildman–Crippen LogP) is 3.34. The Morgan fingerprint density at radius 3 is 1.43 bits per heavy atom. The van der Waals surface area contributed by atoms with E-state index in [-0.39, 0.29) is 6.42 Å². The zero-order valence-corrected chi connectivity index (χ0v) is 18.0. The Balaban J connectivity index is 3.32. The molecule has 160 valence electrons. The minimum absolute atomic E-state index is 0.282. The van der Waals surface area contributed by atoms with Crippen molar-refractivity contribution in [1.82, 2.24) is 4.90 Å². The van der Waals surface area contributed by atoms with Crippen LogP contribution in [0.5, 0.6) is 0 Å². The number of amides is 2. The maximum Gasteiger partial charge on any atom is 0.420 e. The summed E-state index contributed by atoms with van der Waals surface area (Å²) in [6.07, 6.45) is -2.68. The van der Waals surface area contributed by atoms with Crippen LogP contribution in [0.3, 0.4) is 0 Å². The van der Waals surface area contributed by atoms with Crippen LogP contribution in [0.1, 0.15) is 68.7 Å². The maximum atomic E-state index is 12.7. The normalized spacial score (nSPS) is 22.1. The lowest BCUT2D eigenvalue weighted by atomic mass is 10.1. The molecule has 0 aliphatic heterocycles. The Labute approximate surface area is 165 Å². The molecule has 0 bridgehead atoms. The third-order valence-corrected chi connectivity index (χ3v) is 3.54. The van der Waals surface area contributed by atoms with Gasteiger partial charge in [-0.3, -0.25) is 4.79 Å². The summed E-state index contributed by atoms with van der Waals surface area (Å²) in [6.45, 7) is 14.3. The second-order valence-corrected chi connectivity index (χ2v) is 9.82. The van der Waals surface area contributed by atoms with Crippen molar-refractivity contribution in [2.24, 2.45) is 5.92 Å². The van der Waals surface area contributed by atoms with E-state index in [0.717, 1.165) is 0 Å². The molecule has 0 aromatic heterocycles. The first-order valence-corrected chi connectivity index (χ1v) is 9.02. The van der Waals surface area contributed by atoms with Gasteiger partial charge in [-0.15, -0.1) is 0 Å². The SMILES string of the molecule is CC(C)(C)OC(=O)C1CC1(C(=O)O)N(C(=O)OC(C)(C)C)C(=O)OC(C)(C)C. The Kier molecular flexibility index (Phi) is 6.14. The number of carbonyl (C=O) groups is 4. The fourth-order valence-corrected chi connectivity index (χ4v) is 2.50. The molecule has 28 heavy (non-hydrogen) atoms. The van der Waals surface area contributed by atoms with E-state index < -0.39 is 52.4 Å². The molecule has 1 fully saturated rings. The molecule has 9 nitrogen and oxygen atoms in total. The van der Waals surface area contributed by atoms with E-state index >= 15 is 0 Å². The number of hydrogen-bond donors (Lipinski definition) is 1. The Hall–Kier alpha value is -2.32. The van der Waals surface area contributed by atoms with Gasteiger partial charge >= 0.3 is 24.1 Å². The number of carboxylic acids is 1. The summed E-state index contributed by atoms with van der Waals surface area (Å²) in [6, 6.07) is 0. The average molecular weight is 401 g/mol. The number of imide groups is 1. The van der Waals surface area contributed by atoms with Gasteiger partial charge in [0.1, 0.15) is 16.8 Å². The number of aliphatic carboxylic acids is 1. The molecule has 0 aromatic rings. The third-order valence-electron chi connectivity index (χ3n) is 3.54. The summed E-state index contributed by atoms with van der Waals surface area (Å²) in [5.41, 5.74) is -4.96. The first-order valence-electron chi connectivity index (χ1n) is 9.02. The fraction of sp³-hybridized carbons (Fsp3) is 0.789. The first kappa shape index (κ1) is 23.7. The van der Waals surface area contributed by atoms with Crippen molar-refractivity contribution in [1.29, 1.82) is 0 Å². The van der Waals surface area contributed by atoms with Gasteiger partial charge in [0, 0.05) is 0 Å². The van der Waals surface area contributed by atoms with Gasteiger partial charge < -0.3 is 19.3 Å². The Bertz CT molecular complexity index is 637. The lowest BCUT2D eigenvalue weighted by Crippen LogP contribution is -2.55. The van der Waals surface area contributed by atoms with Crippen molar-refractivity contribution in [2.75, 3.05) is 0 Å². The number of esters is 1. The number of carboxylic acid groups (broad SMARTS) is 1. The summed E-state index contributed by atoms with van der Waals surface area (Å²) in [5.74, 6) is -3.55. The highest BCUT2D eigenvalue weighted by molar-refractivity contribution is 6.02. The molecule has 0 saturated heterocycles. The van der Waals surface area contributed by atoms with Crippen molar-refractivity contribution < 1.29 is 38.5 Å². The molecule has 1 N–H and O–H groups in total. The van der Waals surface area contributed by atoms with Gasteiger partial charge in [0.25, 0.3) is 0 Å². The summed E-state index contributed by atoms with van der Waals surface area (Å²) in [4.78, 5) is 50.4. The van der Waals surface area contributed by atoms with Crippen LogP contribution in [0.4, 0.5) is 9.59 Å². The van der Waals surface area contributed by atoms with Crippen LogP contribution in [0.15, 0.2) is 0 Å². The zero-order chi connectivity index (χ0) is 22.3. The molecule has 1 rings (SSSR count). The highest BCUT2D eigenvalue weighted by atomic mass is 16.6. The summed E-state index contributed by atoms with van der Waals surface area (Å²) in [7, 11) is 0. The zero-order valence-electron chi connectivity index (χ0n) is 18.0. The van der Waals surface area contributed by atoms with Crippen molar-refractivity contribution in [3.8, 4) is 0 Å². The molecular formula is C19H31NO8. The fourth-order valence-electron chi connectivity index (χ4n) is 2.50. The minimum Gasteiger partial charge on any atom is -0.479 e. The summed E-state index contributed by atoms with van der Waals surface area (Å²) >= 11 is 0. The largest absolute Gasteiger partial charge is 0.479 e. The van der Waals surface area contributed by atoms with Gasteiger partial charge in [-0.2, -0.15) is 4.90 Å². The quantitative estimate of drug-likeness (QED) is 0.565. The van der Waals surface area contributed by atoms with Crippen LogP contribution < -0.4 is 0 Å². The molecule has 0 spiro atoms. The lowest BCUT2D eigenvalue weighted by molar-refractivity contribution is -0.160. The smallest absolute Gasteiger partial charge is 0.420 e. The average Bonchev–Trinajstić information content (AvgIpc) is 3.08. The van der Waals surface area contributed by atoms with E-state index in [4.69, 9.17) is 14.2 Å². The van der Waals surface area contributed by atoms with Gasteiger partial charge in [-0.25, -0.2) is 14.4 Å². The van der Waals surface area contributed by atoms with Crippen molar-refractivity contribution >= 4 is 24.1 Å². The summed E-state index contributed by atoms with van der Waals surface area (Å²) < 4.78 is 15.7. The van der Waals surface area contributed by atoms with Gasteiger partial charge in [0.05, 0.1) is 5.92 Å². The van der Waals surface area contributed by atoms with Crippen molar-refractivity contribution in [3.05, 3.63) is 0 Å². The number of rotatable bonds is 3. The van der Waals surface area contributed by atoms with E-state index in [1.165, 1.54) is 0 Å². The number of nitrogens with zero attached hydrogens (tertiary/aromatic N) is 1. The topological polar surface area (TPSA) is 119 Å². The predicted molar refractivity (Wildman–Crippen MR) is 98.6 cm³/mol. The Morgan fingerprint density at radius 2 is 1.14 bits per heavy atom. The van der Waals surface area contributed by atoms with Crippen molar-refractivity contribution in [2.45, 2.75) is 91.1 Å². The summed E-state index contributed by atoms with van der Waals surface area (Å²) in [5, 5.41) is 9.82.